The monoisotopic (exact) mass is 272 g/mol. The van der Waals surface area contributed by atoms with Crippen molar-refractivity contribution in [3.05, 3.63) is 47.6 Å². The molecule has 3 rings (SSSR count). The first-order valence-electron chi connectivity index (χ1n) is 7.18. The lowest BCUT2D eigenvalue weighted by Crippen LogP contribution is -2.43. The number of nitrogens with zero attached hydrogens (tertiary/aromatic N) is 3. The third-order valence-electron chi connectivity index (χ3n) is 3.56. The van der Waals surface area contributed by atoms with E-state index in [2.05, 4.69) is 44.6 Å². The first-order chi connectivity index (χ1) is 9.90. The molecule has 0 saturated carbocycles. The second kappa shape index (κ2) is 6.63. The zero-order chi connectivity index (χ0) is 13.6. The zero-order valence-corrected chi connectivity index (χ0v) is 11.6. The number of hydrogen-bond acceptors (Lipinski definition) is 5. The number of piperazine rings is 1. The molecule has 1 fully saturated rings. The predicted molar refractivity (Wildman–Crippen MR) is 76.3 cm³/mol. The van der Waals surface area contributed by atoms with Crippen molar-refractivity contribution in [2.75, 3.05) is 26.2 Å². The number of nitrogens with one attached hydrogen (secondary N) is 1. The third-order valence-corrected chi connectivity index (χ3v) is 3.56. The van der Waals surface area contributed by atoms with E-state index in [0.29, 0.717) is 0 Å². The molecule has 2 heterocycles. The Kier molecular flexibility index (Phi) is 4.40. The van der Waals surface area contributed by atoms with Crippen molar-refractivity contribution in [2.45, 2.75) is 19.4 Å². The predicted octanol–water partition coefficient (Wildman–Crippen LogP) is 1.26. The van der Waals surface area contributed by atoms with Crippen LogP contribution in [0.1, 0.15) is 17.3 Å². The molecule has 5 nitrogen and oxygen atoms in total. The van der Waals surface area contributed by atoms with Crippen LogP contribution >= 0.6 is 0 Å². The molecule has 0 atom stereocenters. The standard InChI is InChI=1S/C15H20N4O/c1-2-4-13(5-3-1)6-7-15-17-14(18-20-15)12-19-10-8-16-9-11-19/h1-5,16H,6-12H2. The van der Waals surface area contributed by atoms with E-state index in [4.69, 9.17) is 4.52 Å². The Morgan fingerprint density at radius 3 is 2.70 bits per heavy atom. The van der Waals surface area contributed by atoms with Gasteiger partial charge in [0.15, 0.2) is 5.82 Å². The molecule has 1 aromatic carbocycles. The van der Waals surface area contributed by atoms with Crippen LogP contribution in [0.4, 0.5) is 0 Å². The van der Waals surface area contributed by atoms with E-state index in [1.54, 1.807) is 0 Å². The Morgan fingerprint density at radius 1 is 1.10 bits per heavy atom. The van der Waals surface area contributed by atoms with E-state index in [1.807, 2.05) is 6.07 Å². The topological polar surface area (TPSA) is 54.2 Å². The Morgan fingerprint density at radius 2 is 1.90 bits per heavy atom. The Bertz CT molecular complexity index is 520. The van der Waals surface area contributed by atoms with Crippen molar-refractivity contribution in [3.63, 3.8) is 0 Å². The number of hydrogen-bond donors (Lipinski definition) is 1. The Balaban J connectivity index is 1.51. The fourth-order valence-corrected chi connectivity index (χ4v) is 2.42. The summed E-state index contributed by atoms with van der Waals surface area (Å²) in [5.74, 6) is 1.54. The second-order valence-electron chi connectivity index (χ2n) is 5.12. The van der Waals surface area contributed by atoms with E-state index in [9.17, 15) is 0 Å². The van der Waals surface area contributed by atoms with Crippen LogP contribution in [0.5, 0.6) is 0 Å². The number of benzene rings is 1. The van der Waals surface area contributed by atoms with Crippen LogP contribution in [0.2, 0.25) is 0 Å². The molecule has 20 heavy (non-hydrogen) atoms. The fraction of sp³-hybridized carbons (Fsp3) is 0.467. The van der Waals surface area contributed by atoms with Crippen LogP contribution in [0.25, 0.3) is 0 Å². The van der Waals surface area contributed by atoms with Gasteiger partial charge in [-0.2, -0.15) is 4.98 Å². The maximum atomic E-state index is 5.32. The molecule has 0 aliphatic carbocycles. The van der Waals surface area contributed by atoms with Crippen molar-refractivity contribution < 1.29 is 4.52 Å². The number of aromatic nitrogens is 2. The van der Waals surface area contributed by atoms with E-state index in [0.717, 1.165) is 57.3 Å². The summed E-state index contributed by atoms with van der Waals surface area (Å²) in [6.45, 7) is 4.97. The highest BCUT2D eigenvalue weighted by Crippen LogP contribution is 2.07. The smallest absolute Gasteiger partial charge is 0.227 e. The summed E-state index contributed by atoms with van der Waals surface area (Å²) in [7, 11) is 0. The summed E-state index contributed by atoms with van der Waals surface area (Å²) in [6, 6.07) is 10.4. The molecular formula is C15H20N4O. The second-order valence-corrected chi connectivity index (χ2v) is 5.12. The van der Waals surface area contributed by atoms with E-state index >= 15 is 0 Å². The Hall–Kier alpha value is -1.72. The number of rotatable bonds is 5. The van der Waals surface area contributed by atoms with Crippen LogP contribution in [-0.2, 0) is 19.4 Å². The van der Waals surface area contributed by atoms with Gasteiger partial charge in [-0.3, -0.25) is 4.90 Å². The molecule has 106 valence electrons. The Labute approximate surface area is 119 Å². The molecule has 2 aromatic rings. The van der Waals surface area contributed by atoms with Crippen LogP contribution < -0.4 is 5.32 Å². The van der Waals surface area contributed by atoms with Crippen molar-refractivity contribution in [1.29, 1.82) is 0 Å². The SMILES string of the molecule is c1ccc(CCc2nc(CN3CCNCC3)no2)cc1. The summed E-state index contributed by atoms with van der Waals surface area (Å²) in [5, 5.41) is 7.41. The summed E-state index contributed by atoms with van der Waals surface area (Å²) >= 11 is 0. The summed E-state index contributed by atoms with van der Waals surface area (Å²) in [5.41, 5.74) is 1.30. The molecule has 5 heteroatoms. The minimum atomic E-state index is 0.735. The molecule has 0 bridgehead atoms. The largest absolute Gasteiger partial charge is 0.339 e. The van der Waals surface area contributed by atoms with E-state index in [1.165, 1.54) is 5.56 Å². The van der Waals surface area contributed by atoms with E-state index < -0.39 is 0 Å². The van der Waals surface area contributed by atoms with Crippen LogP contribution in [0.15, 0.2) is 34.9 Å². The van der Waals surface area contributed by atoms with Gasteiger partial charge >= 0.3 is 0 Å². The first-order valence-corrected chi connectivity index (χ1v) is 7.18. The summed E-state index contributed by atoms with van der Waals surface area (Å²) < 4.78 is 5.32. The highest BCUT2D eigenvalue weighted by molar-refractivity contribution is 5.15. The van der Waals surface area contributed by atoms with Gasteiger partial charge in [0, 0.05) is 32.6 Å². The molecule has 1 N–H and O–H groups in total. The lowest BCUT2D eigenvalue weighted by atomic mass is 10.1. The molecule has 0 radical (unpaired) electrons. The van der Waals surface area contributed by atoms with Crippen molar-refractivity contribution >= 4 is 0 Å². The molecule has 0 amide bonds. The molecule has 0 unspecified atom stereocenters. The highest BCUT2D eigenvalue weighted by atomic mass is 16.5. The average molecular weight is 272 g/mol. The molecule has 1 aromatic heterocycles. The molecule has 1 saturated heterocycles. The van der Waals surface area contributed by atoms with Gasteiger partial charge in [-0.1, -0.05) is 35.5 Å². The van der Waals surface area contributed by atoms with Gasteiger partial charge in [-0.15, -0.1) is 0 Å². The van der Waals surface area contributed by atoms with Gasteiger partial charge in [0.05, 0.1) is 6.54 Å². The third kappa shape index (κ3) is 3.65. The van der Waals surface area contributed by atoms with Gasteiger partial charge in [0.2, 0.25) is 5.89 Å². The molecule has 0 spiro atoms. The minimum absolute atomic E-state index is 0.735. The minimum Gasteiger partial charge on any atom is -0.339 e. The van der Waals surface area contributed by atoms with Gasteiger partial charge in [-0.25, -0.2) is 0 Å². The summed E-state index contributed by atoms with van der Waals surface area (Å²) in [4.78, 5) is 6.83. The summed E-state index contributed by atoms with van der Waals surface area (Å²) in [6.07, 6.45) is 1.74. The maximum Gasteiger partial charge on any atom is 0.227 e. The average Bonchev–Trinajstić information content (AvgIpc) is 2.95. The zero-order valence-electron chi connectivity index (χ0n) is 11.6. The van der Waals surface area contributed by atoms with Gasteiger partial charge in [0.25, 0.3) is 0 Å². The van der Waals surface area contributed by atoms with Crippen LogP contribution in [0.3, 0.4) is 0 Å². The van der Waals surface area contributed by atoms with Crippen molar-refractivity contribution in [1.82, 2.24) is 20.4 Å². The van der Waals surface area contributed by atoms with Gasteiger partial charge < -0.3 is 9.84 Å². The first kappa shape index (κ1) is 13.3. The lowest BCUT2D eigenvalue weighted by Gasteiger charge is -2.25. The van der Waals surface area contributed by atoms with Crippen LogP contribution in [-0.4, -0.2) is 41.2 Å². The van der Waals surface area contributed by atoms with Crippen molar-refractivity contribution in [2.24, 2.45) is 0 Å². The van der Waals surface area contributed by atoms with Crippen molar-refractivity contribution in [3.8, 4) is 0 Å². The van der Waals surface area contributed by atoms with Crippen LogP contribution in [0, 0.1) is 0 Å². The lowest BCUT2D eigenvalue weighted by molar-refractivity contribution is 0.224. The van der Waals surface area contributed by atoms with E-state index in [-0.39, 0.29) is 0 Å². The maximum absolute atomic E-state index is 5.32. The molecule has 1 aliphatic rings. The normalized spacial score (nSPS) is 16.4. The molecule has 1 aliphatic heterocycles. The van der Waals surface area contributed by atoms with Gasteiger partial charge in [-0.05, 0) is 12.0 Å². The number of aryl methyl sites for hydroxylation is 2. The molecular weight excluding hydrogens is 252 g/mol. The highest BCUT2D eigenvalue weighted by Gasteiger charge is 2.13. The quantitative estimate of drug-likeness (QED) is 0.888. The fourth-order valence-electron chi connectivity index (χ4n) is 2.42. The van der Waals surface area contributed by atoms with Gasteiger partial charge in [0.1, 0.15) is 0 Å².